The van der Waals surface area contributed by atoms with Crippen molar-refractivity contribution in [3.05, 3.63) is 35.4 Å². The standard InChI is InChI=1S/C15H22F2N2/c1-3-19(10-12-6-5-9-18-12)11(2)13-7-4-8-14(16)15(13)17/h4,7-8,11-12,18H,3,5-6,9-10H2,1-2H3. The SMILES string of the molecule is CCN(CC1CCCN1)C(C)c1cccc(F)c1F. The molecule has 0 radical (unpaired) electrons. The lowest BCUT2D eigenvalue weighted by Crippen LogP contribution is -2.39. The zero-order chi connectivity index (χ0) is 13.8. The van der Waals surface area contributed by atoms with Crippen LogP contribution in [0.5, 0.6) is 0 Å². The Morgan fingerprint density at radius 3 is 2.84 bits per heavy atom. The second-order valence-corrected chi connectivity index (χ2v) is 5.20. The topological polar surface area (TPSA) is 15.3 Å². The Kier molecular flexibility index (Phi) is 4.88. The molecular weight excluding hydrogens is 246 g/mol. The molecule has 2 atom stereocenters. The van der Waals surface area contributed by atoms with E-state index in [1.165, 1.54) is 12.5 Å². The highest BCUT2D eigenvalue weighted by molar-refractivity contribution is 5.22. The van der Waals surface area contributed by atoms with Gasteiger partial charge in [0.15, 0.2) is 11.6 Å². The van der Waals surface area contributed by atoms with Gasteiger partial charge in [0.1, 0.15) is 0 Å². The van der Waals surface area contributed by atoms with Crippen LogP contribution in [0, 0.1) is 11.6 Å². The number of halogens is 2. The molecule has 106 valence electrons. The number of nitrogens with one attached hydrogen (secondary N) is 1. The second-order valence-electron chi connectivity index (χ2n) is 5.20. The van der Waals surface area contributed by atoms with Crippen LogP contribution in [0.3, 0.4) is 0 Å². The van der Waals surface area contributed by atoms with E-state index in [-0.39, 0.29) is 6.04 Å². The lowest BCUT2D eigenvalue weighted by Gasteiger charge is -2.30. The molecule has 0 spiro atoms. The average Bonchev–Trinajstić information content (AvgIpc) is 2.91. The molecule has 1 aromatic carbocycles. The smallest absolute Gasteiger partial charge is 0.163 e. The average molecular weight is 268 g/mol. The Bertz CT molecular complexity index is 417. The second kappa shape index (κ2) is 6.44. The van der Waals surface area contributed by atoms with Crippen LogP contribution in [0.4, 0.5) is 8.78 Å². The van der Waals surface area contributed by atoms with Crippen LogP contribution in [-0.4, -0.2) is 30.6 Å². The van der Waals surface area contributed by atoms with E-state index in [4.69, 9.17) is 0 Å². The van der Waals surface area contributed by atoms with Gasteiger partial charge in [0.2, 0.25) is 0 Å². The van der Waals surface area contributed by atoms with E-state index in [0.717, 1.165) is 26.1 Å². The van der Waals surface area contributed by atoms with Crippen molar-refractivity contribution in [2.75, 3.05) is 19.6 Å². The minimum absolute atomic E-state index is 0.108. The van der Waals surface area contributed by atoms with Crippen molar-refractivity contribution in [1.82, 2.24) is 10.2 Å². The lowest BCUT2D eigenvalue weighted by molar-refractivity contribution is 0.198. The summed E-state index contributed by atoms with van der Waals surface area (Å²) < 4.78 is 27.2. The Balaban J connectivity index is 2.10. The van der Waals surface area contributed by atoms with E-state index in [0.29, 0.717) is 11.6 Å². The summed E-state index contributed by atoms with van der Waals surface area (Å²) in [4.78, 5) is 2.20. The summed E-state index contributed by atoms with van der Waals surface area (Å²) in [5.41, 5.74) is 0.444. The summed E-state index contributed by atoms with van der Waals surface area (Å²) in [6.07, 6.45) is 2.36. The Labute approximate surface area is 113 Å². The maximum atomic E-state index is 13.8. The third-order valence-electron chi connectivity index (χ3n) is 4.00. The molecule has 1 aliphatic heterocycles. The minimum atomic E-state index is -0.764. The van der Waals surface area contributed by atoms with Gasteiger partial charge in [0, 0.05) is 24.2 Å². The van der Waals surface area contributed by atoms with Crippen LogP contribution >= 0.6 is 0 Å². The fourth-order valence-corrected chi connectivity index (χ4v) is 2.80. The van der Waals surface area contributed by atoms with Crippen LogP contribution in [0.1, 0.15) is 38.3 Å². The van der Waals surface area contributed by atoms with Crippen molar-refractivity contribution >= 4 is 0 Å². The number of rotatable bonds is 5. The van der Waals surface area contributed by atoms with Gasteiger partial charge in [-0.3, -0.25) is 4.90 Å². The molecule has 2 nitrogen and oxygen atoms in total. The van der Waals surface area contributed by atoms with Crippen molar-refractivity contribution in [2.45, 2.75) is 38.8 Å². The highest BCUT2D eigenvalue weighted by Crippen LogP contribution is 2.25. The van der Waals surface area contributed by atoms with Crippen molar-refractivity contribution in [3.8, 4) is 0 Å². The van der Waals surface area contributed by atoms with Gasteiger partial charge >= 0.3 is 0 Å². The number of hydrogen-bond acceptors (Lipinski definition) is 2. The van der Waals surface area contributed by atoms with Gasteiger partial charge in [-0.05, 0) is 38.9 Å². The van der Waals surface area contributed by atoms with Gasteiger partial charge in [-0.25, -0.2) is 8.78 Å². The molecule has 0 aliphatic carbocycles. The largest absolute Gasteiger partial charge is 0.313 e. The van der Waals surface area contributed by atoms with Crippen LogP contribution in [0.25, 0.3) is 0 Å². The van der Waals surface area contributed by atoms with Crippen LogP contribution in [-0.2, 0) is 0 Å². The molecule has 2 unspecified atom stereocenters. The normalized spacial score (nSPS) is 21.0. The Morgan fingerprint density at radius 2 is 2.21 bits per heavy atom. The quantitative estimate of drug-likeness (QED) is 0.882. The first-order valence-electron chi connectivity index (χ1n) is 7.04. The molecule has 0 bridgehead atoms. The predicted octanol–water partition coefficient (Wildman–Crippen LogP) is 3.10. The van der Waals surface area contributed by atoms with E-state index < -0.39 is 11.6 Å². The van der Waals surface area contributed by atoms with E-state index in [2.05, 4.69) is 17.1 Å². The molecule has 4 heteroatoms. The summed E-state index contributed by atoms with van der Waals surface area (Å²) in [5, 5.41) is 3.44. The molecule has 2 rings (SSSR count). The van der Waals surface area contributed by atoms with E-state index >= 15 is 0 Å². The number of likely N-dealkylation sites (N-methyl/N-ethyl adjacent to an activating group) is 1. The van der Waals surface area contributed by atoms with Gasteiger partial charge < -0.3 is 5.32 Å². The third kappa shape index (κ3) is 3.31. The fourth-order valence-electron chi connectivity index (χ4n) is 2.80. The molecule has 0 amide bonds. The molecular formula is C15H22F2N2. The summed E-state index contributed by atoms with van der Waals surface area (Å²) in [5.74, 6) is -1.48. The predicted molar refractivity (Wildman–Crippen MR) is 73.0 cm³/mol. The van der Waals surface area contributed by atoms with Gasteiger partial charge in [-0.1, -0.05) is 19.1 Å². The summed E-state index contributed by atoms with van der Waals surface area (Å²) in [7, 11) is 0. The molecule has 1 aromatic rings. The summed E-state index contributed by atoms with van der Waals surface area (Å²) in [6, 6.07) is 4.78. The highest BCUT2D eigenvalue weighted by atomic mass is 19.2. The third-order valence-corrected chi connectivity index (χ3v) is 4.00. The molecule has 1 N–H and O–H groups in total. The zero-order valence-electron chi connectivity index (χ0n) is 11.6. The lowest BCUT2D eigenvalue weighted by atomic mass is 10.0. The molecule has 19 heavy (non-hydrogen) atoms. The Hall–Kier alpha value is -1.00. The van der Waals surface area contributed by atoms with Gasteiger partial charge in [-0.2, -0.15) is 0 Å². The minimum Gasteiger partial charge on any atom is -0.313 e. The highest BCUT2D eigenvalue weighted by Gasteiger charge is 2.23. The maximum Gasteiger partial charge on any atom is 0.163 e. The van der Waals surface area contributed by atoms with E-state index in [9.17, 15) is 8.78 Å². The monoisotopic (exact) mass is 268 g/mol. The van der Waals surface area contributed by atoms with E-state index in [1.807, 2.05) is 6.92 Å². The molecule has 1 heterocycles. The number of hydrogen-bond donors (Lipinski definition) is 1. The first-order valence-corrected chi connectivity index (χ1v) is 7.04. The maximum absolute atomic E-state index is 13.8. The fraction of sp³-hybridized carbons (Fsp3) is 0.600. The molecule has 0 saturated carbocycles. The zero-order valence-corrected chi connectivity index (χ0v) is 11.6. The summed E-state index contributed by atoms with van der Waals surface area (Å²) in [6.45, 7) is 6.77. The van der Waals surface area contributed by atoms with Gasteiger partial charge in [-0.15, -0.1) is 0 Å². The van der Waals surface area contributed by atoms with Gasteiger partial charge in [0.05, 0.1) is 0 Å². The van der Waals surface area contributed by atoms with Crippen molar-refractivity contribution < 1.29 is 8.78 Å². The van der Waals surface area contributed by atoms with Crippen molar-refractivity contribution in [3.63, 3.8) is 0 Å². The molecule has 1 fully saturated rings. The summed E-state index contributed by atoms with van der Waals surface area (Å²) >= 11 is 0. The van der Waals surface area contributed by atoms with Crippen LogP contribution in [0.2, 0.25) is 0 Å². The van der Waals surface area contributed by atoms with Crippen molar-refractivity contribution in [1.29, 1.82) is 0 Å². The van der Waals surface area contributed by atoms with Crippen LogP contribution < -0.4 is 5.32 Å². The van der Waals surface area contributed by atoms with Gasteiger partial charge in [0.25, 0.3) is 0 Å². The Morgan fingerprint density at radius 1 is 1.42 bits per heavy atom. The molecule has 1 aliphatic rings. The first-order chi connectivity index (χ1) is 9.13. The van der Waals surface area contributed by atoms with Crippen LogP contribution in [0.15, 0.2) is 18.2 Å². The molecule has 0 aromatic heterocycles. The van der Waals surface area contributed by atoms with Crippen molar-refractivity contribution in [2.24, 2.45) is 0 Å². The number of benzene rings is 1. The van der Waals surface area contributed by atoms with E-state index in [1.54, 1.807) is 12.1 Å². The first kappa shape index (κ1) is 14.4. The number of nitrogens with zero attached hydrogens (tertiary/aromatic N) is 1. The molecule has 1 saturated heterocycles.